The Hall–Kier alpha value is -0.640. The van der Waals surface area contributed by atoms with Crippen molar-refractivity contribution in [1.29, 1.82) is 0 Å². The van der Waals surface area contributed by atoms with Gasteiger partial charge in [-0.1, -0.05) is 12.2 Å². The molecule has 1 N–H and O–H groups in total. The van der Waals surface area contributed by atoms with Crippen molar-refractivity contribution in [3.05, 3.63) is 0 Å². The van der Waals surface area contributed by atoms with Gasteiger partial charge in [0.15, 0.2) is 4.99 Å². The highest BCUT2D eigenvalue weighted by Crippen LogP contribution is 1.90. The van der Waals surface area contributed by atoms with Gasteiger partial charge in [0.1, 0.15) is 0 Å². The molecular formula is C6H11NO2S. The van der Waals surface area contributed by atoms with Crippen LogP contribution in [-0.2, 0) is 4.79 Å². The van der Waals surface area contributed by atoms with Gasteiger partial charge in [-0.25, -0.2) is 4.79 Å². The van der Waals surface area contributed by atoms with Crippen molar-refractivity contribution in [3.8, 4) is 0 Å². The minimum Gasteiger partial charge on any atom is -0.476 e. The zero-order valence-corrected chi connectivity index (χ0v) is 6.94. The van der Waals surface area contributed by atoms with E-state index in [-0.39, 0.29) is 4.99 Å². The normalized spacial score (nSPS) is 9.00. The summed E-state index contributed by atoms with van der Waals surface area (Å²) < 4.78 is 0. The van der Waals surface area contributed by atoms with Crippen molar-refractivity contribution in [1.82, 2.24) is 4.90 Å². The van der Waals surface area contributed by atoms with Gasteiger partial charge in [0.2, 0.25) is 0 Å². The topological polar surface area (TPSA) is 40.5 Å². The molecule has 0 aliphatic heterocycles. The van der Waals surface area contributed by atoms with Gasteiger partial charge < -0.3 is 10.0 Å². The molecule has 0 bridgehead atoms. The molecule has 0 aromatic heterocycles. The highest BCUT2D eigenvalue weighted by atomic mass is 32.1. The van der Waals surface area contributed by atoms with Crippen LogP contribution in [0.3, 0.4) is 0 Å². The quantitative estimate of drug-likeness (QED) is 0.606. The van der Waals surface area contributed by atoms with E-state index in [0.29, 0.717) is 13.1 Å². The first-order chi connectivity index (χ1) is 4.63. The molecule has 0 saturated heterocycles. The maximum absolute atomic E-state index is 10.3. The molecule has 0 saturated carbocycles. The summed E-state index contributed by atoms with van der Waals surface area (Å²) >= 11 is 4.62. The number of hydrogen-bond donors (Lipinski definition) is 1. The molecule has 0 rings (SSSR count). The van der Waals surface area contributed by atoms with E-state index in [2.05, 4.69) is 12.2 Å². The number of carboxylic acids is 1. The fraction of sp³-hybridized carbons (Fsp3) is 0.667. The Morgan fingerprint density at radius 3 is 2.00 bits per heavy atom. The highest BCUT2D eigenvalue weighted by Gasteiger charge is 2.11. The lowest BCUT2D eigenvalue weighted by atomic mass is 10.5. The zero-order chi connectivity index (χ0) is 8.15. The molecule has 10 heavy (non-hydrogen) atoms. The van der Waals surface area contributed by atoms with Crippen LogP contribution in [0.2, 0.25) is 0 Å². The van der Waals surface area contributed by atoms with Crippen molar-refractivity contribution in [2.24, 2.45) is 0 Å². The third-order valence-corrected chi connectivity index (χ3v) is 1.67. The van der Waals surface area contributed by atoms with Gasteiger partial charge in [0.05, 0.1) is 0 Å². The van der Waals surface area contributed by atoms with E-state index in [4.69, 9.17) is 5.11 Å². The molecule has 4 heteroatoms. The highest BCUT2D eigenvalue weighted by molar-refractivity contribution is 7.81. The van der Waals surface area contributed by atoms with E-state index < -0.39 is 5.97 Å². The van der Waals surface area contributed by atoms with Crippen molar-refractivity contribution >= 4 is 23.2 Å². The molecule has 0 fully saturated rings. The van der Waals surface area contributed by atoms with Crippen LogP contribution in [0.25, 0.3) is 0 Å². The van der Waals surface area contributed by atoms with Crippen LogP contribution in [0.4, 0.5) is 0 Å². The molecule has 0 spiro atoms. The summed E-state index contributed by atoms with van der Waals surface area (Å²) in [5, 5.41) is 8.43. The number of carboxylic acid groups (broad SMARTS) is 1. The fourth-order valence-electron chi connectivity index (χ4n) is 0.646. The smallest absolute Gasteiger partial charge is 0.363 e. The number of thiocarbonyl (C=S) groups is 1. The van der Waals surface area contributed by atoms with Gasteiger partial charge in [-0.3, -0.25) is 0 Å². The van der Waals surface area contributed by atoms with E-state index in [0.717, 1.165) is 0 Å². The number of hydrogen-bond acceptors (Lipinski definition) is 2. The molecule has 0 unspecified atom stereocenters. The lowest BCUT2D eigenvalue weighted by molar-refractivity contribution is -0.129. The average Bonchev–Trinajstić information content (AvgIpc) is 1.90. The monoisotopic (exact) mass is 161 g/mol. The predicted molar refractivity (Wildman–Crippen MR) is 43.2 cm³/mol. The van der Waals surface area contributed by atoms with Gasteiger partial charge in [-0.2, -0.15) is 0 Å². The first kappa shape index (κ1) is 9.36. The maximum Gasteiger partial charge on any atom is 0.363 e. The van der Waals surface area contributed by atoms with Crippen molar-refractivity contribution in [3.63, 3.8) is 0 Å². The van der Waals surface area contributed by atoms with E-state index in [1.807, 2.05) is 13.8 Å². The molecule has 58 valence electrons. The van der Waals surface area contributed by atoms with Gasteiger partial charge in [0, 0.05) is 13.1 Å². The third kappa shape index (κ3) is 2.31. The molecule has 0 atom stereocenters. The number of nitrogens with zero attached hydrogens (tertiary/aromatic N) is 1. The number of aliphatic carboxylic acids is 1. The Kier molecular flexibility index (Phi) is 3.95. The van der Waals surface area contributed by atoms with E-state index in [1.54, 1.807) is 4.90 Å². The Morgan fingerprint density at radius 2 is 1.90 bits per heavy atom. The largest absolute Gasteiger partial charge is 0.476 e. The second kappa shape index (κ2) is 4.22. The SMILES string of the molecule is CCN(CC)C(=S)C(=O)O. The second-order valence-electron chi connectivity index (χ2n) is 1.78. The van der Waals surface area contributed by atoms with Crippen LogP contribution in [0.15, 0.2) is 0 Å². The lowest BCUT2D eigenvalue weighted by Gasteiger charge is -2.17. The van der Waals surface area contributed by atoms with Crippen molar-refractivity contribution in [2.75, 3.05) is 13.1 Å². The van der Waals surface area contributed by atoms with E-state index in [9.17, 15) is 4.79 Å². The molecule has 0 aliphatic carbocycles. The standard InChI is InChI=1S/C6H11NO2S/c1-3-7(4-2)5(10)6(8)9/h3-4H2,1-2H3,(H,8,9). The fourth-order valence-corrected chi connectivity index (χ4v) is 0.904. The molecule has 0 radical (unpaired) electrons. The third-order valence-electron chi connectivity index (χ3n) is 1.23. The predicted octanol–water partition coefficient (Wildman–Crippen LogP) is 0.740. The summed E-state index contributed by atoms with van der Waals surface area (Å²) in [5.74, 6) is -1.02. The summed E-state index contributed by atoms with van der Waals surface area (Å²) in [4.78, 5) is 11.9. The van der Waals surface area contributed by atoms with Crippen LogP contribution in [0.5, 0.6) is 0 Å². The maximum atomic E-state index is 10.3. The number of likely N-dealkylation sites (N-methyl/N-ethyl adjacent to an activating group) is 1. The molecule has 3 nitrogen and oxygen atoms in total. The molecule has 0 aliphatic rings. The summed E-state index contributed by atoms with van der Waals surface area (Å²) in [6, 6.07) is 0. The first-order valence-corrected chi connectivity index (χ1v) is 3.56. The first-order valence-electron chi connectivity index (χ1n) is 3.15. The molecule has 0 amide bonds. The Balaban J connectivity index is 4.02. The Bertz CT molecular complexity index is 143. The summed E-state index contributed by atoms with van der Waals surface area (Å²) in [6.07, 6.45) is 0. The molecule has 0 aromatic rings. The van der Waals surface area contributed by atoms with Crippen molar-refractivity contribution in [2.45, 2.75) is 13.8 Å². The van der Waals surface area contributed by atoms with Crippen LogP contribution in [0, 0.1) is 0 Å². The van der Waals surface area contributed by atoms with Gasteiger partial charge >= 0.3 is 5.97 Å². The van der Waals surface area contributed by atoms with Crippen LogP contribution < -0.4 is 0 Å². The Labute approximate surface area is 65.6 Å². The van der Waals surface area contributed by atoms with Crippen LogP contribution in [-0.4, -0.2) is 34.1 Å². The minimum atomic E-state index is -1.02. The number of rotatable bonds is 2. The van der Waals surface area contributed by atoms with Gasteiger partial charge in [-0.05, 0) is 13.8 Å². The summed E-state index contributed by atoms with van der Waals surface area (Å²) in [7, 11) is 0. The van der Waals surface area contributed by atoms with Crippen LogP contribution in [0.1, 0.15) is 13.8 Å². The molecule has 0 aromatic carbocycles. The molecular weight excluding hydrogens is 150 g/mol. The number of carbonyl (C=O) groups is 1. The van der Waals surface area contributed by atoms with E-state index >= 15 is 0 Å². The Morgan fingerprint density at radius 1 is 1.50 bits per heavy atom. The minimum absolute atomic E-state index is 0.00463. The van der Waals surface area contributed by atoms with Crippen molar-refractivity contribution < 1.29 is 9.90 Å². The summed E-state index contributed by atoms with van der Waals surface area (Å²) in [6.45, 7) is 5.06. The van der Waals surface area contributed by atoms with Gasteiger partial charge in [0.25, 0.3) is 0 Å². The van der Waals surface area contributed by atoms with E-state index in [1.165, 1.54) is 0 Å². The molecule has 0 heterocycles. The lowest BCUT2D eigenvalue weighted by Crippen LogP contribution is -2.34. The van der Waals surface area contributed by atoms with Gasteiger partial charge in [-0.15, -0.1) is 0 Å². The zero-order valence-electron chi connectivity index (χ0n) is 6.13. The average molecular weight is 161 g/mol. The summed E-state index contributed by atoms with van der Waals surface area (Å²) in [5.41, 5.74) is 0. The van der Waals surface area contributed by atoms with Crippen LogP contribution >= 0.6 is 12.2 Å². The second-order valence-corrected chi connectivity index (χ2v) is 2.17.